The molecule has 7 aromatic rings. The lowest BCUT2D eigenvalue weighted by Crippen LogP contribution is -1.91. The van der Waals surface area contributed by atoms with E-state index in [1.807, 2.05) is 18.2 Å². The lowest BCUT2D eigenvalue weighted by atomic mass is 10.00. The lowest BCUT2D eigenvalue weighted by molar-refractivity contribution is 0.670. The Morgan fingerprint density at radius 2 is 1.03 bits per heavy atom. The van der Waals surface area contributed by atoms with E-state index in [2.05, 4.69) is 121 Å². The van der Waals surface area contributed by atoms with Crippen LogP contribution in [0.4, 0.5) is 11.4 Å². The van der Waals surface area contributed by atoms with Crippen LogP contribution in [0.25, 0.3) is 55.0 Å². The van der Waals surface area contributed by atoms with Crippen molar-refractivity contribution >= 4 is 44.1 Å². The van der Waals surface area contributed by atoms with Gasteiger partial charge < -0.3 is 9.73 Å². The topological polar surface area (TPSA) is 25.2 Å². The molecule has 0 radical (unpaired) electrons. The third-order valence-corrected chi connectivity index (χ3v) is 6.86. The van der Waals surface area contributed by atoms with E-state index >= 15 is 0 Å². The molecular formula is C34H23NO. The number of fused-ring (bicyclic) bond motifs is 5. The predicted octanol–water partition coefficient (Wildman–Crippen LogP) is 9.82. The minimum atomic E-state index is 0.885. The maximum absolute atomic E-state index is 6.34. The molecule has 0 spiro atoms. The maximum atomic E-state index is 6.34. The van der Waals surface area contributed by atoms with Crippen LogP contribution in [-0.4, -0.2) is 0 Å². The Morgan fingerprint density at radius 3 is 1.75 bits per heavy atom. The van der Waals surface area contributed by atoms with E-state index in [4.69, 9.17) is 4.42 Å². The van der Waals surface area contributed by atoms with E-state index in [1.165, 1.54) is 33.0 Å². The first-order valence-electron chi connectivity index (χ1n) is 12.2. The molecule has 2 nitrogen and oxygen atoms in total. The molecule has 1 aromatic heterocycles. The summed E-state index contributed by atoms with van der Waals surface area (Å²) in [4.78, 5) is 0. The Morgan fingerprint density at radius 1 is 0.472 bits per heavy atom. The quantitative estimate of drug-likeness (QED) is 0.282. The fourth-order valence-corrected chi connectivity index (χ4v) is 5.05. The van der Waals surface area contributed by atoms with Crippen molar-refractivity contribution in [3.8, 4) is 22.3 Å². The van der Waals surface area contributed by atoms with Crippen LogP contribution in [-0.2, 0) is 0 Å². The molecule has 1 N–H and O–H groups in total. The lowest BCUT2D eigenvalue weighted by Gasteiger charge is -2.11. The van der Waals surface area contributed by atoms with Crippen molar-refractivity contribution in [1.82, 2.24) is 0 Å². The van der Waals surface area contributed by atoms with E-state index < -0.39 is 0 Å². The largest absolute Gasteiger partial charge is 0.454 e. The Labute approximate surface area is 209 Å². The molecule has 6 aromatic carbocycles. The molecule has 7 rings (SSSR count). The summed E-state index contributed by atoms with van der Waals surface area (Å²) in [5.74, 6) is 0. The predicted molar refractivity (Wildman–Crippen MR) is 152 cm³/mol. The summed E-state index contributed by atoms with van der Waals surface area (Å²) >= 11 is 0. The highest BCUT2D eigenvalue weighted by Gasteiger charge is 2.15. The van der Waals surface area contributed by atoms with Crippen molar-refractivity contribution in [3.05, 3.63) is 133 Å². The molecule has 0 aliphatic heterocycles. The zero-order valence-electron chi connectivity index (χ0n) is 19.6. The molecule has 0 atom stereocenters. The van der Waals surface area contributed by atoms with Gasteiger partial charge in [-0.15, -0.1) is 0 Å². The second kappa shape index (κ2) is 8.44. The minimum absolute atomic E-state index is 0.885. The highest BCUT2D eigenvalue weighted by molar-refractivity contribution is 6.22. The van der Waals surface area contributed by atoms with Gasteiger partial charge in [0.05, 0.1) is 5.69 Å². The fourth-order valence-electron chi connectivity index (χ4n) is 5.05. The molecule has 1 heterocycles. The SMILES string of the molecule is c1ccc(-c2ccc(-c3ccc(Nc4cc5ccccc5c5c4oc4ccccc45)cc3)cc2)cc1. The summed E-state index contributed by atoms with van der Waals surface area (Å²) in [5, 5.41) is 8.30. The van der Waals surface area contributed by atoms with Gasteiger partial charge >= 0.3 is 0 Å². The zero-order valence-corrected chi connectivity index (χ0v) is 19.6. The van der Waals surface area contributed by atoms with Crippen LogP contribution in [0.3, 0.4) is 0 Å². The summed E-state index contributed by atoms with van der Waals surface area (Å²) < 4.78 is 6.34. The number of nitrogens with one attached hydrogen (secondary N) is 1. The molecule has 0 saturated heterocycles. The molecule has 170 valence electrons. The summed E-state index contributed by atoms with van der Waals surface area (Å²) in [6.45, 7) is 0. The monoisotopic (exact) mass is 461 g/mol. The summed E-state index contributed by atoms with van der Waals surface area (Å²) in [7, 11) is 0. The van der Waals surface area contributed by atoms with Gasteiger partial charge in [-0.1, -0.05) is 109 Å². The first kappa shape index (κ1) is 20.5. The molecule has 36 heavy (non-hydrogen) atoms. The number of rotatable bonds is 4. The van der Waals surface area contributed by atoms with Gasteiger partial charge in [0, 0.05) is 16.5 Å². The summed E-state index contributed by atoms with van der Waals surface area (Å²) in [6.07, 6.45) is 0. The van der Waals surface area contributed by atoms with Crippen LogP contribution in [0.15, 0.2) is 138 Å². The van der Waals surface area contributed by atoms with Crippen molar-refractivity contribution in [3.63, 3.8) is 0 Å². The first-order valence-corrected chi connectivity index (χ1v) is 12.2. The van der Waals surface area contributed by atoms with Crippen LogP contribution in [0.2, 0.25) is 0 Å². The number of para-hydroxylation sites is 1. The molecule has 0 fully saturated rings. The normalized spacial score (nSPS) is 11.3. The summed E-state index contributed by atoms with van der Waals surface area (Å²) in [5.41, 5.74) is 8.63. The van der Waals surface area contributed by atoms with Gasteiger partial charge in [0.25, 0.3) is 0 Å². The van der Waals surface area contributed by atoms with Gasteiger partial charge in [0.1, 0.15) is 5.58 Å². The number of anilines is 2. The van der Waals surface area contributed by atoms with Crippen LogP contribution >= 0.6 is 0 Å². The van der Waals surface area contributed by atoms with Crippen LogP contribution in [0.5, 0.6) is 0 Å². The number of hydrogen-bond acceptors (Lipinski definition) is 2. The Balaban J connectivity index is 1.23. The highest BCUT2D eigenvalue weighted by Crippen LogP contribution is 2.40. The molecule has 0 saturated carbocycles. The molecule has 0 bridgehead atoms. The van der Waals surface area contributed by atoms with Crippen molar-refractivity contribution in [2.45, 2.75) is 0 Å². The minimum Gasteiger partial charge on any atom is -0.454 e. The smallest absolute Gasteiger partial charge is 0.159 e. The van der Waals surface area contributed by atoms with Gasteiger partial charge in [-0.2, -0.15) is 0 Å². The first-order chi connectivity index (χ1) is 17.8. The second-order valence-corrected chi connectivity index (χ2v) is 9.09. The van der Waals surface area contributed by atoms with Crippen LogP contribution in [0.1, 0.15) is 0 Å². The Hall–Kier alpha value is -4.82. The van der Waals surface area contributed by atoms with Crippen molar-refractivity contribution in [2.75, 3.05) is 5.32 Å². The highest BCUT2D eigenvalue weighted by atomic mass is 16.3. The molecule has 0 unspecified atom stereocenters. The number of furan rings is 1. The van der Waals surface area contributed by atoms with Crippen molar-refractivity contribution < 1.29 is 4.42 Å². The van der Waals surface area contributed by atoms with Gasteiger partial charge in [-0.05, 0) is 57.3 Å². The molecular weight excluding hydrogens is 438 g/mol. The number of benzene rings is 6. The molecule has 0 aliphatic rings. The van der Waals surface area contributed by atoms with Crippen molar-refractivity contribution in [2.24, 2.45) is 0 Å². The third-order valence-electron chi connectivity index (χ3n) is 6.86. The second-order valence-electron chi connectivity index (χ2n) is 9.09. The van der Waals surface area contributed by atoms with Gasteiger partial charge in [0.2, 0.25) is 0 Å². The molecule has 2 heteroatoms. The average molecular weight is 462 g/mol. The third kappa shape index (κ3) is 3.52. The fraction of sp³-hybridized carbons (Fsp3) is 0. The number of hydrogen-bond donors (Lipinski definition) is 1. The van der Waals surface area contributed by atoms with E-state index in [1.54, 1.807) is 0 Å². The van der Waals surface area contributed by atoms with Crippen molar-refractivity contribution in [1.29, 1.82) is 0 Å². The molecule has 0 aliphatic carbocycles. The standard InChI is InChI=1S/C34H23NO/c1-2-8-23(9-3-1)24-14-16-25(17-15-24)26-18-20-28(21-19-26)35-31-22-27-10-4-5-11-29(27)33-30-12-6-7-13-32(30)36-34(31)33/h1-22,35H. The van der Waals surface area contributed by atoms with Gasteiger partial charge in [-0.25, -0.2) is 0 Å². The Bertz CT molecular complexity index is 1830. The van der Waals surface area contributed by atoms with E-state index in [9.17, 15) is 0 Å². The van der Waals surface area contributed by atoms with Crippen LogP contribution < -0.4 is 5.32 Å². The summed E-state index contributed by atoms with van der Waals surface area (Å²) in [6, 6.07) is 46.7. The average Bonchev–Trinajstić information content (AvgIpc) is 3.35. The van der Waals surface area contributed by atoms with Gasteiger partial charge in [0.15, 0.2) is 5.58 Å². The van der Waals surface area contributed by atoms with Gasteiger partial charge in [-0.3, -0.25) is 0 Å². The van der Waals surface area contributed by atoms with E-state index in [-0.39, 0.29) is 0 Å². The molecule has 0 amide bonds. The van der Waals surface area contributed by atoms with E-state index in [0.29, 0.717) is 0 Å². The Kier molecular flexibility index (Phi) is 4.82. The van der Waals surface area contributed by atoms with Crippen LogP contribution in [0, 0.1) is 0 Å². The van der Waals surface area contributed by atoms with E-state index in [0.717, 1.165) is 33.3 Å². The zero-order chi connectivity index (χ0) is 23.9. The maximum Gasteiger partial charge on any atom is 0.159 e.